The molecule has 0 fully saturated rings. The van der Waals surface area contributed by atoms with Crippen LogP contribution in [-0.2, 0) is 22.4 Å². The van der Waals surface area contributed by atoms with Gasteiger partial charge in [-0.2, -0.15) is 0 Å². The van der Waals surface area contributed by atoms with Crippen molar-refractivity contribution in [1.29, 1.82) is 0 Å². The summed E-state index contributed by atoms with van der Waals surface area (Å²) in [4.78, 5) is 26.7. The van der Waals surface area contributed by atoms with Crippen molar-refractivity contribution in [2.45, 2.75) is 52.1 Å². The number of ether oxygens (including phenoxy) is 3. The van der Waals surface area contributed by atoms with Gasteiger partial charge in [0, 0.05) is 11.0 Å². The molecule has 0 atom stereocenters. The first-order valence-corrected chi connectivity index (χ1v) is 11.1. The molecule has 1 aliphatic rings. The van der Waals surface area contributed by atoms with Gasteiger partial charge in [0.1, 0.15) is 10.6 Å². The number of hydrogen-bond donors (Lipinski definition) is 1. The van der Waals surface area contributed by atoms with Crippen LogP contribution in [0.15, 0.2) is 24.3 Å². The van der Waals surface area contributed by atoms with Crippen LogP contribution in [0.3, 0.4) is 0 Å². The summed E-state index contributed by atoms with van der Waals surface area (Å²) in [5.74, 6) is 0.516. The summed E-state index contributed by atoms with van der Waals surface area (Å²) >= 11 is 1.47. The third-order valence-corrected chi connectivity index (χ3v) is 6.05. The second kappa shape index (κ2) is 9.56. The Morgan fingerprint density at radius 3 is 2.45 bits per heavy atom. The van der Waals surface area contributed by atoms with Crippen molar-refractivity contribution < 1.29 is 23.8 Å². The number of fused-ring (bicyclic) bond motifs is 1. The molecule has 0 spiro atoms. The van der Waals surface area contributed by atoms with Gasteiger partial charge in [-0.3, -0.25) is 4.79 Å². The molecule has 1 aromatic heterocycles. The first-order valence-electron chi connectivity index (χ1n) is 10.3. The molecule has 1 N–H and O–H groups in total. The van der Waals surface area contributed by atoms with E-state index in [1.807, 2.05) is 26.8 Å². The van der Waals surface area contributed by atoms with Crippen LogP contribution in [0, 0.1) is 0 Å². The lowest BCUT2D eigenvalue weighted by Crippen LogP contribution is -2.25. The van der Waals surface area contributed by atoms with E-state index in [1.165, 1.54) is 17.4 Å². The lowest BCUT2D eigenvalue weighted by Gasteiger charge is -2.21. The van der Waals surface area contributed by atoms with Crippen LogP contribution in [0.5, 0.6) is 11.5 Å². The van der Waals surface area contributed by atoms with Gasteiger partial charge in [-0.05, 0) is 75.8 Å². The molecule has 1 aromatic carbocycles. The van der Waals surface area contributed by atoms with Gasteiger partial charge in [0.05, 0.1) is 19.8 Å². The fourth-order valence-electron chi connectivity index (χ4n) is 3.48. The Hall–Kier alpha value is -2.80. The Morgan fingerprint density at radius 1 is 1.06 bits per heavy atom. The molecule has 166 valence electrons. The predicted molar refractivity (Wildman–Crippen MR) is 123 cm³/mol. The summed E-state index contributed by atoms with van der Waals surface area (Å²) in [6.07, 6.45) is 7.02. The molecular formula is C24H29NO5S. The highest BCUT2D eigenvalue weighted by Gasteiger charge is 2.29. The first kappa shape index (κ1) is 22.9. The van der Waals surface area contributed by atoms with Gasteiger partial charge >= 0.3 is 5.97 Å². The minimum absolute atomic E-state index is 0.307. The minimum atomic E-state index is -0.602. The number of aryl methyl sites for hydroxylation is 1. The van der Waals surface area contributed by atoms with Crippen molar-refractivity contribution in [3.8, 4) is 11.5 Å². The summed E-state index contributed by atoms with van der Waals surface area (Å²) in [6, 6.07) is 5.41. The molecular weight excluding hydrogens is 414 g/mol. The number of carbonyl (C=O) groups is 2. The molecule has 0 radical (unpaired) electrons. The Balaban J connectivity index is 1.82. The van der Waals surface area contributed by atoms with Crippen LogP contribution >= 0.6 is 11.3 Å². The third-order valence-electron chi connectivity index (χ3n) is 4.85. The number of amides is 1. The predicted octanol–water partition coefficient (Wildman–Crippen LogP) is 5.25. The molecule has 0 aliphatic heterocycles. The number of hydrogen-bond acceptors (Lipinski definition) is 6. The van der Waals surface area contributed by atoms with Crippen LogP contribution in [0.4, 0.5) is 5.00 Å². The second-order valence-corrected chi connectivity index (χ2v) is 9.46. The Morgan fingerprint density at radius 2 is 1.77 bits per heavy atom. The summed E-state index contributed by atoms with van der Waals surface area (Å²) in [6.45, 7) is 5.52. The molecule has 3 rings (SSSR count). The molecule has 0 unspecified atom stereocenters. The average Bonchev–Trinajstić information content (AvgIpc) is 3.08. The highest BCUT2D eigenvalue weighted by Crippen LogP contribution is 2.39. The van der Waals surface area contributed by atoms with Crippen LogP contribution < -0.4 is 14.8 Å². The highest BCUT2D eigenvalue weighted by molar-refractivity contribution is 7.17. The molecule has 1 heterocycles. The van der Waals surface area contributed by atoms with Crippen LogP contribution in [0.2, 0.25) is 0 Å². The summed E-state index contributed by atoms with van der Waals surface area (Å²) < 4.78 is 16.2. The van der Waals surface area contributed by atoms with E-state index < -0.39 is 5.60 Å². The molecule has 7 heteroatoms. The van der Waals surface area contributed by atoms with E-state index in [0.717, 1.165) is 41.7 Å². The van der Waals surface area contributed by atoms with E-state index in [4.69, 9.17) is 14.2 Å². The number of benzene rings is 1. The zero-order valence-electron chi connectivity index (χ0n) is 18.7. The Labute approximate surface area is 187 Å². The average molecular weight is 444 g/mol. The van der Waals surface area contributed by atoms with E-state index in [2.05, 4.69) is 5.32 Å². The minimum Gasteiger partial charge on any atom is -0.493 e. The molecule has 0 bridgehead atoms. The van der Waals surface area contributed by atoms with Crippen molar-refractivity contribution in [2.75, 3.05) is 19.5 Å². The second-order valence-electron chi connectivity index (χ2n) is 8.35. The van der Waals surface area contributed by atoms with Gasteiger partial charge in [0.15, 0.2) is 11.5 Å². The van der Waals surface area contributed by atoms with Crippen molar-refractivity contribution in [3.05, 3.63) is 45.8 Å². The zero-order chi connectivity index (χ0) is 22.6. The van der Waals surface area contributed by atoms with E-state index in [0.29, 0.717) is 22.1 Å². The summed E-state index contributed by atoms with van der Waals surface area (Å²) in [7, 11) is 3.14. The molecule has 0 saturated carbocycles. The smallest absolute Gasteiger partial charge is 0.341 e. The van der Waals surface area contributed by atoms with Crippen molar-refractivity contribution in [3.63, 3.8) is 0 Å². The fourth-order valence-corrected chi connectivity index (χ4v) is 4.76. The summed E-state index contributed by atoms with van der Waals surface area (Å²) in [5.41, 5.74) is 1.72. The van der Waals surface area contributed by atoms with Crippen LogP contribution in [-0.4, -0.2) is 31.7 Å². The van der Waals surface area contributed by atoms with Crippen molar-refractivity contribution in [2.24, 2.45) is 0 Å². The Kier molecular flexibility index (Phi) is 7.05. The number of thiophene rings is 1. The molecule has 31 heavy (non-hydrogen) atoms. The maximum atomic E-state index is 12.9. The quantitative estimate of drug-likeness (QED) is 0.487. The molecule has 1 aliphatic carbocycles. The first-order chi connectivity index (χ1) is 14.7. The van der Waals surface area contributed by atoms with Gasteiger partial charge < -0.3 is 19.5 Å². The number of rotatable bonds is 6. The normalized spacial score (nSPS) is 13.6. The van der Waals surface area contributed by atoms with Gasteiger partial charge in [-0.1, -0.05) is 6.07 Å². The van der Waals surface area contributed by atoms with Crippen LogP contribution in [0.1, 0.15) is 60.0 Å². The van der Waals surface area contributed by atoms with Gasteiger partial charge in [-0.15, -0.1) is 11.3 Å². The number of nitrogens with one attached hydrogen (secondary N) is 1. The third kappa shape index (κ3) is 5.67. The van der Waals surface area contributed by atoms with Crippen molar-refractivity contribution >= 4 is 34.3 Å². The number of methoxy groups -OCH3 is 2. The standard InChI is InChI=1S/C24H29NO5S/c1-24(2,3)30-23(27)21-16-8-6-7-9-19(16)31-22(21)25-20(26)13-11-15-10-12-17(28-4)18(14-15)29-5/h10-14H,6-9H2,1-5H3,(H,25,26). The van der Waals surface area contributed by atoms with E-state index in [-0.39, 0.29) is 11.9 Å². The highest BCUT2D eigenvalue weighted by atomic mass is 32.1. The van der Waals surface area contributed by atoms with Gasteiger partial charge in [0.2, 0.25) is 5.91 Å². The van der Waals surface area contributed by atoms with E-state index >= 15 is 0 Å². The van der Waals surface area contributed by atoms with Gasteiger partial charge in [-0.25, -0.2) is 4.79 Å². The molecule has 0 saturated heterocycles. The molecule has 2 aromatic rings. The largest absolute Gasteiger partial charge is 0.493 e. The number of carbonyl (C=O) groups excluding carboxylic acids is 2. The fraction of sp³-hybridized carbons (Fsp3) is 0.417. The van der Waals surface area contributed by atoms with E-state index in [9.17, 15) is 9.59 Å². The zero-order valence-corrected chi connectivity index (χ0v) is 19.5. The number of esters is 1. The lowest BCUT2D eigenvalue weighted by molar-refractivity contribution is -0.111. The summed E-state index contributed by atoms with van der Waals surface area (Å²) in [5, 5.41) is 3.45. The molecule has 1 amide bonds. The molecule has 6 nitrogen and oxygen atoms in total. The monoisotopic (exact) mass is 443 g/mol. The van der Waals surface area contributed by atoms with Crippen LogP contribution in [0.25, 0.3) is 6.08 Å². The van der Waals surface area contributed by atoms with E-state index in [1.54, 1.807) is 32.4 Å². The topological polar surface area (TPSA) is 73.9 Å². The number of anilines is 1. The maximum Gasteiger partial charge on any atom is 0.341 e. The van der Waals surface area contributed by atoms with Gasteiger partial charge in [0.25, 0.3) is 0 Å². The Bertz CT molecular complexity index is 1000. The van der Waals surface area contributed by atoms with Crippen molar-refractivity contribution in [1.82, 2.24) is 0 Å². The SMILES string of the molecule is COc1ccc(C=CC(=O)Nc2sc3c(c2C(=O)OC(C)(C)C)CCCC3)cc1OC. The maximum absolute atomic E-state index is 12.9. The lowest BCUT2D eigenvalue weighted by atomic mass is 9.95.